The summed E-state index contributed by atoms with van der Waals surface area (Å²) in [6.07, 6.45) is -3.26. The minimum absolute atomic E-state index is 0.0298. The fraction of sp³-hybridized carbons (Fsp3) is 0.333. The zero-order chi connectivity index (χ0) is 25.6. The first kappa shape index (κ1) is 24.0. The Bertz CT molecular complexity index is 1330. The number of halogens is 5. The van der Waals surface area contributed by atoms with Gasteiger partial charge in [0.05, 0.1) is 23.3 Å². The zero-order valence-electron chi connectivity index (χ0n) is 18.6. The largest absolute Gasteiger partial charge is 0.471 e. The molecule has 5 rings (SSSR count). The van der Waals surface area contributed by atoms with E-state index in [1.165, 1.54) is 0 Å². The summed E-state index contributed by atoms with van der Waals surface area (Å²) in [6, 6.07) is 7.60. The minimum Gasteiger partial charge on any atom is -0.329 e. The molecule has 12 heteroatoms. The van der Waals surface area contributed by atoms with Crippen LogP contribution in [0.5, 0.6) is 0 Å². The van der Waals surface area contributed by atoms with E-state index in [0.717, 1.165) is 16.0 Å². The van der Waals surface area contributed by atoms with Crippen molar-refractivity contribution in [2.45, 2.75) is 44.1 Å². The Hall–Kier alpha value is -3.67. The summed E-state index contributed by atoms with van der Waals surface area (Å²) in [5, 5.41) is 3.09. The van der Waals surface area contributed by atoms with Gasteiger partial charge in [-0.15, -0.1) is 0 Å². The molecule has 0 N–H and O–H groups in total. The lowest BCUT2D eigenvalue weighted by Crippen LogP contribution is -2.52. The Morgan fingerprint density at radius 3 is 2.53 bits per heavy atom. The molecule has 1 fully saturated rings. The van der Waals surface area contributed by atoms with Crippen LogP contribution in [-0.4, -0.2) is 45.9 Å². The molecule has 0 radical (unpaired) electrons. The van der Waals surface area contributed by atoms with Gasteiger partial charge in [0, 0.05) is 25.6 Å². The Morgan fingerprint density at radius 2 is 1.83 bits per heavy atom. The number of carbonyl (C=O) groups excluding carboxylic acids is 2. The van der Waals surface area contributed by atoms with Crippen molar-refractivity contribution < 1.29 is 36.1 Å². The number of aromatic nitrogens is 2. The van der Waals surface area contributed by atoms with Crippen LogP contribution in [0.1, 0.15) is 29.9 Å². The van der Waals surface area contributed by atoms with Crippen molar-refractivity contribution in [3.05, 3.63) is 65.1 Å². The molecule has 2 aromatic carbocycles. The van der Waals surface area contributed by atoms with Crippen molar-refractivity contribution in [1.82, 2.24) is 15.0 Å². The van der Waals surface area contributed by atoms with Crippen LogP contribution in [-0.2, 0) is 28.7 Å². The molecule has 2 aliphatic rings. The van der Waals surface area contributed by atoms with Gasteiger partial charge in [-0.3, -0.25) is 9.69 Å². The van der Waals surface area contributed by atoms with Crippen molar-refractivity contribution in [2.75, 3.05) is 11.4 Å². The van der Waals surface area contributed by atoms with Crippen molar-refractivity contribution in [3.8, 4) is 11.4 Å². The van der Waals surface area contributed by atoms with Gasteiger partial charge in [-0.1, -0.05) is 29.4 Å². The zero-order valence-corrected chi connectivity index (χ0v) is 18.6. The topological polar surface area (TPSA) is 79.5 Å². The predicted octanol–water partition coefficient (Wildman–Crippen LogP) is 4.15. The van der Waals surface area contributed by atoms with E-state index in [9.17, 15) is 27.2 Å². The maximum atomic E-state index is 15.2. The first-order valence-corrected chi connectivity index (χ1v) is 11.2. The van der Waals surface area contributed by atoms with Crippen LogP contribution in [0.2, 0.25) is 0 Å². The first-order valence-electron chi connectivity index (χ1n) is 11.2. The van der Waals surface area contributed by atoms with Gasteiger partial charge in [0.1, 0.15) is 17.9 Å². The molecular formula is C24H19F5N4O3. The molecule has 3 heterocycles. The number of rotatable bonds is 5. The SMILES string of the molecule is O=CC([C@@H]1CCC(=O)N1c1cc(F)c(-c2noc(C(F)(F)F)n2)cc1F)N1CCc2ccccc2C1. The van der Waals surface area contributed by atoms with Crippen LogP contribution in [0.15, 0.2) is 40.9 Å². The molecule has 7 nitrogen and oxygen atoms in total. The molecule has 0 bridgehead atoms. The van der Waals surface area contributed by atoms with E-state index >= 15 is 4.39 Å². The lowest BCUT2D eigenvalue weighted by molar-refractivity contribution is -0.159. The second-order valence-electron chi connectivity index (χ2n) is 8.69. The highest BCUT2D eigenvalue weighted by molar-refractivity contribution is 5.97. The number of carbonyl (C=O) groups is 2. The van der Waals surface area contributed by atoms with Crippen molar-refractivity contribution in [2.24, 2.45) is 0 Å². The van der Waals surface area contributed by atoms with Crippen molar-refractivity contribution in [1.29, 1.82) is 0 Å². The molecule has 36 heavy (non-hydrogen) atoms. The number of hydrogen-bond acceptors (Lipinski definition) is 6. The second-order valence-corrected chi connectivity index (χ2v) is 8.69. The molecule has 0 aliphatic carbocycles. The van der Waals surface area contributed by atoms with E-state index in [4.69, 9.17) is 0 Å². The quantitative estimate of drug-likeness (QED) is 0.382. The average molecular weight is 506 g/mol. The van der Waals surface area contributed by atoms with Gasteiger partial charge in [-0.05, 0) is 30.0 Å². The fourth-order valence-electron chi connectivity index (χ4n) is 4.87. The van der Waals surface area contributed by atoms with E-state index in [1.807, 2.05) is 29.2 Å². The predicted molar refractivity (Wildman–Crippen MR) is 116 cm³/mol. The third-order valence-electron chi connectivity index (χ3n) is 6.58. The smallest absolute Gasteiger partial charge is 0.329 e. The summed E-state index contributed by atoms with van der Waals surface area (Å²) in [5.41, 5.74) is 1.15. The van der Waals surface area contributed by atoms with E-state index in [0.29, 0.717) is 37.9 Å². The highest BCUT2D eigenvalue weighted by atomic mass is 19.4. The molecule has 1 aromatic heterocycles. The highest BCUT2D eigenvalue weighted by Crippen LogP contribution is 2.36. The van der Waals surface area contributed by atoms with Gasteiger partial charge in [0.2, 0.25) is 11.7 Å². The summed E-state index contributed by atoms with van der Waals surface area (Å²) in [6.45, 7) is 1.02. The maximum Gasteiger partial charge on any atom is 0.471 e. The van der Waals surface area contributed by atoms with Crippen LogP contribution < -0.4 is 4.90 Å². The van der Waals surface area contributed by atoms with E-state index in [1.54, 1.807) is 0 Å². The second kappa shape index (κ2) is 9.08. The number of alkyl halides is 3. The van der Waals surface area contributed by atoms with Gasteiger partial charge in [0.25, 0.3) is 0 Å². The molecule has 0 saturated carbocycles. The van der Waals surface area contributed by atoms with Crippen LogP contribution in [0, 0.1) is 11.6 Å². The minimum atomic E-state index is -4.95. The molecule has 1 amide bonds. The summed E-state index contributed by atoms with van der Waals surface area (Å²) in [5.74, 6) is -5.19. The molecule has 1 unspecified atom stereocenters. The third-order valence-corrected chi connectivity index (χ3v) is 6.58. The number of fused-ring (bicyclic) bond motifs is 1. The van der Waals surface area contributed by atoms with E-state index < -0.39 is 58.8 Å². The lowest BCUT2D eigenvalue weighted by Gasteiger charge is -2.38. The van der Waals surface area contributed by atoms with Gasteiger partial charge >= 0.3 is 12.1 Å². The standard InChI is InChI=1S/C24H19F5N4O3/c25-16-10-19(17(26)9-15(16)22-30-23(36-31-22)24(27,28)29)33-18(5-6-21(33)35)20(12-34)32-8-7-13-3-1-2-4-14(13)11-32/h1-4,9-10,12,18,20H,5-8,11H2/t18-,20?/m0/s1. The Morgan fingerprint density at radius 1 is 1.08 bits per heavy atom. The van der Waals surface area contributed by atoms with Gasteiger partial charge < -0.3 is 14.2 Å². The Labute approximate surface area is 201 Å². The normalized spacial score (nSPS) is 19.4. The molecule has 2 aliphatic heterocycles. The van der Waals surface area contributed by atoms with Crippen LogP contribution in [0.25, 0.3) is 11.4 Å². The third kappa shape index (κ3) is 4.25. The number of hydrogen-bond donors (Lipinski definition) is 0. The maximum absolute atomic E-state index is 15.2. The van der Waals surface area contributed by atoms with Crippen LogP contribution in [0.4, 0.5) is 27.6 Å². The summed E-state index contributed by atoms with van der Waals surface area (Å²) >= 11 is 0. The molecule has 1 saturated heterocycles. The van der Waals surface area contributed by atoms with E-state index in [2.05, 4.69) is 14.7 Å². The molecule has 0 spiro atoms. The lowest BCUT2D eigenvalue weighted by atomic mass is 9.96. The number of benzene rings is 2. The van der Waals surface area contributed by atoms with Crippen molar-refractivity contribution in [3.63, 3.8) is 0 Å². The van der Waals surface area contributed by atoms with Crippen molar-refractivity contribution >= 4 is 17.9 Å². The van der Waals surface area contributed by atoms with Crippen LogP contribution in [0.3, 0.4) is 0 Å². The van der Waals surface area contributed by atoms with E-state index in [-0.39, 0.29) is 12.8 Å². The monoisotopic (exact) mass is 506 g/mol. The molecule has 3 aromatic rings. The van der Waals surface area contributed by atoms with Gasteiger partial charge in [-0.2, -0.15) is 18.2 Å². The molecule has 188 valence electrons. The summed E-state index contributed by atoms with van der Waals surface area (Å²) < 4.78 is 72.5. The van der Waals surface area contributed by atoms with Crippen LogP contribution >= 0.6 is 0 Å². The summed E-state index contributed by atoms with van der Waals surface area (Å²) in [4.78, 5) is 31.0. The summed E-state index contributed by atoms with van der Waals surface area (Å²) in [7, 11) is 0. The highest BCUT2D eigenvalue weighted by Gasteiger charge is 2.42. The molecular weight excluding hydrogens is 487 g/mol. The molecule has 2 atom stereocenters. The number of aldehydes is 1. The number of amides is 1. The number of anilines is 1. The van der Waals surface area contributed by atoms with Gasteiger partial charge in [-0.25, -0.2) is 8.78 Å². The Balaban J connectivity index is 1.45. The van der Waals surface area contributed by atoms with Gasteiger partial charge in [0.15, 0.2) is 0 Å². The first-order chi connectivity index (χ1) is 17.2. The number of nitrogens with zero attached hydrogens (tertiary/aromatic N) is 4. The fourth-order valence-corrected chi connectivity index (χ4v) is 4.87. The Kier molecular flexibility index (Phi) is 6.07. The average Bonchev–Trinajstić information content (AvgIpc) is 3.48.